The Morgan fingerprint density at radius 3 is 2.24 bits per heavy atom. The molecule has 34 heavy (non-hydrogen) atoms. The molecule has 6 heteroatoms. The lowest BCUT2D eigenvalue weighted by Gasteiger charge is -2.17. The predicted molar refractivity (Wildman–Crippen MR) is 141 cm³/mol. The summed E-state index contributed by atoms with van der Waals surface area (Å²) in [6.07, 6.45) is 1.52. The van der Waals surface area contributed by atoms with E-state index in [1.54, 1.807) is 35.6 Å². The molecule has 0 aliphatic rings. The third kappa shape index (κ3) is 5.52. The van der Waals surface area contributed by atoms with Gasteiger partial charge in [0.1, 0.15) is 5.75 Å². The maximum absolute atomic E-state index is 13.8. The van der Waals surface area contributed by atoms with Crippen molar-refractivity contribution in [3.05, 3.63) is 89.3 Å². The van der Waals surface area contributed by atoms with Crippen LogP contribution in [0.5, 0.6) is 5.75 Å². The van der Waals surface area contributed by atoms with Gasteiger partial charge in [0.05, 0.1) is 16.4 Å². The summed E-state index contributed by atoms with van der Waals surface area (Å²) in [6, 6.07) is 24.6. The van der Waals surface area contributed by atoms with Gasteiger partial charge < -0.3 is 9.64 Å². The fraction of sp³-hybridized carbons (Fsp3) is 0.286. The van der Waals surface area contributed by atoms with Gasteiger partial charge in [-0.1, -0.05) is 62.4 Å². The smallest absolute Gasteiger partial charge is 0.208 e. The first-order chi connectivity index (χ1) is 16.5. The second-order valence-corrected chi connectivity index (χ2v) is 11.2. The largest absolute Gasteiger partial charge is 0.494 e. The first-order valence-corrected chi connectivity index (χ1v) is 14.1. The van der Waals surface area contributed by atoms with E-state index < -0.39 is 9.84 Å². The molecule has 0 aliphatic carbocycles. The third-order valence-corrected chi connectivity index (χ3v) is 9.21. The molecule has 0 N–H and O–H groups in total. The monoisotopic (exact) mass is 493 g/mol. The Hall–Kier alpha value is -2.67. The van der Waals surface area contributed by atoms with E-state index in [-0.39, 0.29) is 0 Å². The fourth-order valence-electron chi connectivity index (χ4n) is 4.12. The van der Waals surface area contributed by atoms with Gasteiger partial charge in [0, 0.05) is 27.9 Å². The number of hydrogen-bond acceptors (Lipinski definition) is 5. The van der Waals surface area contributed by atoms with E-state index in [4.69, 9.17) is 4.74 Å². The molecule has 0 atom stereocenters. The fourth-order valence-corrected chi connectivity index (χ4v) is 7.34. The Bertz CT molecular complexity index is 1310. The van der Waals surface area contributed by atoms with Crippen LogP contribution < -0.4 is 4.74 Å². The molecule has 1 heterocycles. The minimum Gasteiger partial charge on any atom is -0.494 e. The predicted octanol–water partition coefficient (Wildman–Crippen LogP) is 6.44. The molecule has 4 nitrogen and oxygen atoms in total. The summed E-state index contributed by atoms with van der Waals surface area (Å²) in [6.45, 7) is 7.99. The molecule has 4 rings (SSSR count). The van der Waals surface area contributed by atoms with E-state index >= 15 is 0 Å². The Morgan fingerprint density at radius 2 is 1.53 bits per heavy atom. The molecule has 0 unspecified atom stereocenters. The SMILES string of the molecule is CCN(CC)CCCOc1ccc(S(=O)(=O)c2c(Cc3ccccc3)sc3ccccc23)cc1. The number of benzene rings is 3. The van der Waals surface area contributed by atoms with E-state index in [0.29, 0.717) is 28.6 Å². The van der Waals surface area contributed by atoms with Gasteiger partial charge in [-0.3, -0.25) is 0 Å². The second-order valence-electron chi connectivity index (χ2n) is 8.22. The van der Waals surface area contributed by atoms with Crippen molar-refractivity contribution in [2.45, 2.75) is 36.5 Å². The lowest BCUT2D eigenvalue weighted by atomic mass is 10.1. The average Bonchev–Trinajstić information content (AvgIpc) is 3.23. The normalized spacial score (nSPS) is 11.9. The molecule has 4 aromatic rings. The number of nitrogens with zero attached hydrogens (tertiary/aromatic N) is 1. The van der Waals surface area contributed by atoms with Gasteiger partial charge in [-0.2, -0.15) is 0 Å². The minimum atomic E-state index is -3.68. The van der Waals surface area contributed by atoms with Gasteiger partial charge in [-0.15, -0.1) is 11.3 Å². The summed E-state index contributed by atoms with van der Waals surface area (Å²) >= 11 is 1.56. The van der Waals surface area contributed by atoms with Crippen LogP contribution in [0, 0.1) is 0 Å². The third-order valence-electron chi connectivity index (χ3n) is 6.01. The Labute approximate surface area is 206 Å². The van der Waals surface area contributed by atoms with Crippen molar-refractivity contribution in [3.8, 4) is 5.75 Å². The first kappa shape index (κ1) is 24.5. The van der Waals surface area contributed by atoms with E-state index in [1.807, 2.05) is 54.6 Å². The second kappa shape index (κ2) is 11.2. The van der Waals surface area contributed by atoms with E-state index in [2.05, 4.69) is 18.7 Å². The van der Waals surface area contributed by atoms with Gasteiger partial charge in [0.2, 0.25) is 9.84 Å². The van der Waals surface area contributed by atoms with Crippen molar-refractivity contribution < 1.29 is 13.2 Å². The molecule has 0 spiro atoms. The van der Waals surface area contributed by atoms with Crippen LogP contribution in [0.25, 0.3) is 10.1 Å². The zero-order valence-corrected chi connectivity index (χ0v) is 21.4. The molecule has 0 bridgehead atoms. The maximum atomic E-state index is 13.8. The highest BCUT2D eigenvalue weighted by Crippen LogP contribution is 2.39. The Kier molecular flexibility index (Phi) is 8.03. The lowest BCUT2D eigenvalue weighted by Crippen LogP contribution is -2.25. The van der Waals surface area contributed by atoms with Crippen molar-refractivity contribution in [2.75, 3.05) is 26.2 Å². The van der Waals surface area contributed by atoms with Crippen molar-refractivity contribution in [3.63, 3.8) is 0 Å². The van der Waals surface area contributed by atoms with Gasteiger partial charge in [-0.05, 0) is 55.4 Å². The summed E-state index contributed by atoms with van der Waals surface area (Å²) in [7, 11) is -3.68. The molecule has 0 fully saturated rings. The van der Waals surface area contributed by atoms with Gasteiger partial charge in [-0.25, -0.2) is 8.42 Å². The summed E-state index contributed by atoms with van der Waals surface area (Å²) in [5.41, 5.74) is 1.10. The number of hydrogen-bond donors (Lipinski definition) is 0. The van der Waals surface area contributed by atoms with Crippen LogP contribution >= 0.6 is 11.3 Å². The maximum Gasteiger partial charge on any atom is 0.208 e. The molecule has 0 saturated heterocycles. The van der Waals surface area contributed by atoms with E-state index in [1.165, 1.54) is 0 Å². The quantitative estimate of drug-likeness (QED) is 0.226. The minimum absolute atomic E-state index is 0.292. The summed E-state index contributed by atoms with van der Waals surface area (Å²) in [4.78, 5) is 3.94. The highest BCUT2D eigenvalue weighted by atomic mass is 32.2. The van der Waals surface area contributed by atoms with Gasteiger partial charge in [0.25, 0.3) is 0 Å². The Balaban J connectivity index is 1.57. The Morgan fingerprint density at radius 1 is 0.853 bits per heavy atom. The number of thiophene rings is 1. The summed E-state index contributed by atoms with van der Waals surface area (Å²) in [5, 5.41) is 0.787. The highest BCUT2D eigenvalue weighted by molar-refractivity contribution is 7.92. The van der Waals surface area contributed by atoms with Crippen molar-refractivity contribution in [2.24, 2.45) is 0 Å². The van der Waals surface area contributed by atoms with Crippen molar-refractivity contribution >= 4 is 31.3 Å². The van der Waals surface area contributed by atoms with Crippen molar-refractivity contribution in [1.82, 2.24) is 4.90 Å². The molecule has 0 radical (unpaired) electrons. The van der Waals surface area contributed by atoms with E-state index in [9.17, 15) is 8.42 Å². The lowest BCUT2D eigenvalue weighted by molar-refractivity contribution is 0.249. The van der Waals surface area contributed by atoms with Crippen LogP contribution in [0.4, 0.5) is 0 Å². The highest BCUT2D eigenvalue weighted by Gasteiger charge is 2.26. The molecular formula is C28H31NO3S2. The summed E-state index contributed by atoms with van der Waals surface area (Å²) in [5.74, 6) is 0.693. The van der Waals surface area contributed by atoms with Gasteiger partial charge >= 0.3 is 0 Å². The molecule has 1 aromatic heterocycles. The standard InChI is InChI=1S/C28H31NO3S2/c1-3-29(4-2)19-10-20-32-23-15-17-24(18-16-23)34(30,31)28-25-13-8-9-14-26(25)33-27(28)21-22-11-6-5-7-12-22/h5-9,11-18H,3-4,10,19-21H2,1-2H3. The summed E-state index contributed by atoms with van der Waals surface area (Å²) < 4.78 is 34.4. The van der Waals surface area contributed by atoms with Crippen LogP contribution in [0.1, 0.15) is 30.7 Å². The molecule has 3 aromatic carbocycles. The van der Waals surface area contributed by atoms with Gasteiger partial charge in [0.15, 0.2) is 0 Å². The van der Waals surface area contributed by atoms with Crippen LogP contribution in [0.3, 0.4) is 0 Å². The van der Waals surface area contributed by atoms with Crippen LogP contribution in [-0.4, -0.2) is 39.6 Å². The van der Waals surface area contributed by atoms with Crippen LogP contribution in [-0.2, 0) is 16.3 Å². The van der Waals surface area contributed by atoms with Crippen LogP contribution in [0.2, 0.25) is 0 Å². The molecular weight excluding hydrogens is 462 g/mol. The first-order valence-electron chi connectivity index (χ1n) is 11.8. The zero-order valence-electron chi connectivity index (χ0n) is 19.7. The van der Waals surface area contributed by atoms with E-state index in [0.717, 1.165) is 46.6 Å². The van der Waals surface area contributed by atoms with Crippen LogP contribution in [0.15, 0.2) is 88.7 Å². The number of sulfone groups is 1. The zero-order chi connectivity index (χ0) is 24.0. The molecule has 178 valence electrons. The molecule has 0 amide bonds. The number of fused-ring (bicyclic) bond motifs is 1. The molecule has 0 aliphatic heterocycles. The number of ether oxygens (including phenoxy) is 1. The average molecular weight is 494 g/mol. The molecule has 0 saturated carbocycles. The topological polar surface area (TPSA) is 46.6 Å². The van der Waals surface area contributed by atoms with Crippen molar-refractivity contribution in [1.29, 1.82) is 0 Å². The number of rotatable bonds is 11.